The SMILES string of the molecule is COC(=O)c1ccccc1NC(=O)C1CC1C(=O)Nc1ccc(Cl)cc1C. The van der Waals surface area contributed by atoms with E-state index in [0.717, 1.165) is 5.56 Å². The molecular formula is C20H19ClN2O4. The average molecular weight is 387 g/mol. The molecule has 0 spiro atoms. The van der Waals surface area contributed by atoms with Gasteiger partial charge in [0, 0.05) is 10.7 Å². The Balaban J connectivity index is 1.62. The number of nitrogens with one attached hydrogen (secondary N) is 2. The monoisotopic (exact) mass is 386 g/mol. The summed E-state index contributed by atoms with van der Waals surface area (Å²) >= 11 is 5.92. The molecule has 2 N–H and O–H groups in total. The van der Waals surface area contributed by atoms with Gasteiger partial charge in [0.05, 0.1) is 30.2 Å². The summed E-state index contributed by atoms with van der Waals surface area (Å²) in [5.74, 6) is -1.86. The summed E-state index contributed by atoms with van der Waals surface area (Å²) in [6.07, 6.45) is 0.463. The Bertz CT molecular complexity index is 913. The Morgan fingerprint density at radius 1 is 1.00 bits per heavy atom. The zero-order valence-corrected chi connectivity index (χ0v) is 15.7. The van der Waals surface area contributed by atoms with E-state index in [1.165, 1.54) is 7.11 Å². The fourth-order valence-corrected chi connectivity index (χ4v) is 3.10. The molecule has 140 valence electrons. The van der Waals surface area contributed by atoms with Gasteiger partial charge in [-0.15, -0.1) is 0 Å². The molecule has 6 nitrogen and oxygen atoms in total. The van der Waals surface area contributed by atoms with Gasteiger partial charge in [0.2, 0.25) is 11.8 Å². The van der Waals surface area contributed by atoms with Gasteiger partial charge in [-0.3, -0.25) is 9.59 Å². The topological polar surface area (TPSA) is 84.5 Å². The predicted octanol–water partition coefficient (Wildman–Crippen LogP) is 3.65. The minimum absolute atomic E-state index is 0.207. The van der Waals surface area contributed by atoms with Crippen molar-refractivity contribution in [3.8, 4) is 0 Å². The third kappa shape index (κ3) is 4.28. The Hall–Kier alpha value is -2.86. The van der Waals surface area contributed by atoms with Gasteiger partial charge in [0.25, 0.3) is 0 Å². The van der Waals surface area contributed by atoms with Crippen molar-refractivity contribution in [1.29, 1.82) is 0 Å². The van der Waals surface area contributed by atoms with Crippen LogP contribution in [0.5, 0.6) is 0 Å². The number of anilines is 2. The third-order valence-corrected chi connectivity index (χ3v) is 4.74. The number of halogens is 1. The average Bonchev–Trinajstić information content (AvgIpc) is 3.45. The summed E-state index contributed by atoms with van der Waals surface area (Å²) in [5.41, 5.74) is 2.16. The molecule has 3 rings (SSSR count). The second kappa shape index (κ2) is 7.80. The van der Waals surface area contributed by atoms with E-state index in [0.29, 0.717) is 22.8 Å². The quantitative estimate of drug-likeness (QED) is 0.768. The van der Waals surface area contributed by atoms with Gasteiger partial charge in [-0.25, -0.2) is 4.79 Å². The summed E-state index contributed by atoms with van der Waals surface area (Å²) in [7, 11) is 1.28. The van der Waals surface area contributed by atoms with Crippen molar-refractivity contribution in [2.24, 2.45) is 11.8 Å². The second-order valence-corrected chi connectivity index (χ2v) is 6.86. The first-order valence-corrected chi connectivity index (χ1v) is 8.83. The molecule has 1 aliphatic carbocycles. The predicted molar refractivity (Wildman–Crippen MR) is 103 cm³/mol. The number of aryl methyl sites for hydroxylation is 1. The molecule has 1 saturated carbocycles. The first kappa shape index (κ1) is 18.9. The highest BCUT2D eigenvalue weighted by atomic mass is 35.5. The van der Waals surface area contributed by atoms with Crippen molar-refractivity contribution in [1.82, 2.24) is 0 Å². The molecule has 0 aliphatic heterocycles. The van der Waals surface area contributed by atoms with E-state index in [4.69, 9.17) is 16.3 Å². The third-order valence-electron chi connectivity index (χ3n) is 4.50. The number of carbonyl (C=O) groups is 3. The van der Waals surface area contributed by atoms with Crippen LogP contribution in [0, 0.1) is 18.8 Å². The van der Waals surface area contributed by atoms with Gasteiger partial charge in [-0.05, 0) is 49.2 Å². The number of hydrogen-bond acceptors (Lipinski definition) is 4. The number of hydrogen-bond donors (Lipinski definition) is 2. The van der Waals surface area contributed by atoms with Crippen LogP contribution in [0.4, 0.5) is 11.4 Å². The molecule has 2 atom stereocenters. The first-order valence-electron chi connectivity index (χ1n) is 8.46. The summed E-state index contributed by atoms with van der Waals surface area (Å²) in [6, 6.07) is 11.8. The molecule has 0 aromatic heterocycles. The van der Waals surface area contributed by atoms with Crippen molar-refractivity contribution < 1.29 is 19.1 Å². The molecule has 27 heavy (non-hydrogen) atoms. The number of methoxy groups -OCH3 is 1. The van der Waals surface area contributed by atoms with Gasteiger partial charge in [-0.1, -0.05) is 23.7 Å². The van der Waals surface area contributed by atoms with Crippen LogP contribution in [-0.4, -0.2) is 24.9 Å². The normalized spacial score (nSPS) is 17.7. The van der Waals surface area contributed by atoms with Crippen LogP contribution in [0.1, 0.15) is 22.3 Å². The van der Waals surface area contributed by atoms with Crippen LogP contribution in [0.15, 0.2) is 42.5 Å². The molecule has 0 saturated heterocycles. The fraction of sp³-hybridized carbons (Fsp3) is 0.250. The molecular weight excluding hydrogens is 368 g/mol. The van der Waals surface area contributed by atoms with Gasteiger partial charge in [0.1, 0.15) is 0 Å². The molecule has 7 heteroatoms. The molecule has 2 amide bonds. The maximum atomic E-state index is 12.5. The Kier molecular flexibility index (Phi) is 5.46. The number of amides is 2. The van der Waals surface area contributed by atoms with Gasteiger partial charge in [-0.2, -0.15) is 0 Å². The summed E-state index contributed by atoms with van der Waals surface area (Å²) in [6.45, 7) is 1.85. The molecule has 2 aromatic rings. The van der Waals surface area contributed by atoms with Crippen LogP contribution in [-0.2, 0) is 14.3 Å². The van der Waals surface area contributed by atoms with Crippen molar-refractivity contribution in [2.75, 3.05) is 17.7 Å². The fourth-order valence-electron chi connectivity index (χ4n) is 2.87. The molecule has 2 aromatic carbocycles. The lowest BCUT2D eigenvalue weighted by Crippen LogP contribution is -2.21. The van der Waals surface area contributed by atoms with E-state index >= 15 is 0 Å². The van der Waals surface area contributed by atoms with Gasteiger partial charge >= 0.3 is 5.97 Å². The van der Waals surface area contributed by atoms with Gasteiger partial charge in [0.15, 0.2) is 0 Å². The maximum absolute atomic E-state index is 12.5. The van der Waals surface area contributed by atoms with Crippen LogP contribution >= 0.6 is 11.6 Å². The van der Waals surface area contributed by atoms with E-state index in [9.17, 15) is 14.4 Å². The summed E-state index contributed by atoms with van der Waals surface area (Å²) in [4.78, 5) is 36.6. The zero-order valence-electron chi connectivity index (χ0n) is 14.9. The van der Waals surface area contributed by atoms with E-state index in [1.807, 2.05) is 6.92 Å². The van der Waals surface area contributed by atoms with Crippen LogP contribution in [0.3, 0.4) is 0 Å². The number of benzene rings is 2. The maximum Gasteiger partial charge on any atom is 0.339 e. The van der Waals surface area contributed by atoms with Crippen LogP contribution in [0.25, 0.3) is 0 Å². The zero-order chi connectivity index (χ0) is 19.6. The van der Waals surface area contributed by atoms with Crippen LogP contribution < -0.4 is 10.6 Å². The smallest absolute Gasteiger partial charge is 0.339 e. The van der Waals surface area contributed by atoms with Gasteiger partial charge < -0.3 is 15.4 Å². The molecule has 0 bridgehead atoms. The number of carbonyl (C=O) groups excluding carboxylic acids is 3. The lowest BCUT2D eigenvalue weighted by molar-refractivity contribution is -0.122. The lowest BCUT2D eigenvalue weighted by atomic mass is 10.1. The highest BCUT2D eigenvalue weighted by molar-refractivity contribution is 6.30. The lowest BCUT2D eigenvalue weighted by Gasteiger charge is -2.10. The standard InChI is InChI=1S/C20H19ClN2O4/c1-11-9-12(21)7-8-16(11)22-18(24)14-10-15(14)19(25)23-17-6-4-3-5-13(17)20(26)27-2/h3-9,14-15H,10H2,1-2H3,(H,22,24)(H,23,25). The minimum Gasteiger partial charge on any atom is -0.465 e. The van der Waals surface area contributed by atoms with Crippen molar-refractivity contribution in [2.45, 2.75) is 13.3 Å². The van der Waals surface area contributed by atoms with E-state index in [2.05, 4.69) is 10.6 Å². The number of para-hydroxylation sites is 1. The molecule has 1 fully saturated rings. The van der Waals surface area contributed by atoms with E-state index in [-0.39, 0.29) is 17.4 Å². The minimum atomic E-state index is -0.533. The number of esters is 1. The van der Waals surface area contributed by atoms with Crippen LogP contribution in [0.2, 0.25) is 5.02 Å². The summed E-state index contributed by atoms with van der Waals surface area (Å²) < 4.78 is 4.72. The number of rotatable bonds is 5. The van der Waals surface area contributed by atoms with E-state index in [1.54, 1.807) is 42.5 Å². The highest BCUT2D eigenvalue weighted by Crippen LogP contribution is 2.40. The Labute approximate surface area is 161 Å². The number of ether oxygens (including phenoxy) is 1. The Morgan fingerprint density at radius 2 is 1.63 bits per heavy atom. The van der Waals surface area contributed by atoms with Crippen molar-refractivity contribution >= 4 is 40.8 Å². The largest absolute Gasteiger partial charge is 0.465 e. The second-order valence-electron chi connectivity index (χ2n) is 6.42. The highest BCUT2D eigenvalue weighted by Gasteiger charge is 2.48. The molecule has 0 radical (unpaired) electrons. The van der Waals surface area contributed by atoms with Crippen molar-refractivity contribution in [3.63, 3.8) is 0 Å². The molecule has 0 heterocycles. The molecule has 2 unspecified atom stereocenters. The van der Waals surface area contributed by atoms with Crippen molar-refractivity contribution in [3.05, 3.63) is 58.6 Å². The molecule has 1 aliphatic rings. The van der Waals surface area contributed by atoms with E-state index < -0.39 is 17.8 Å². The Morgan fingerprint density at radius 3 is 2.26 bits per heavy atom. The summed E-state index contributed by atoms with van der Waals surface area (Å²) in [5, 5.41) is 6.15. The first-order chi connectivity index (χ1) is 12.9.